The molecule has 1 aliphatic carbocycles. The van der Waals surface area contributed by atoms with Crippen LogP contribution >= 0.6 is 0 Å². The van der Waals surface area contributed by atoms with Crippen LogP contribution in [0.5, 0.6) is 0 Å². The number of benzene rings is 1. The van der Waals surface area contributed by atoms with Crippen molar-refractivity contribution in [2.24, 2.45) is 5.10 Å². The van der Waals surface area contributed by atoms with E-state index in [1.807, 2.05) is 30.3 Å². The average Bonchev–Trinajstić information content (AvgIpc) is 2.89. The first-order chi connectivity index (χ1) is 11.2. The van der Waals surface area contributed by atoms with Gasteiger partial charge in [0.25, 0.3) is 0 Å². The first-order valence-corrected chi connectivity index (χ1v) is 8.08. The molecule has 5 heteroatoms. The van der Waals surface area contributed by atoms with E-state index in [0.717, 1.165) is 37.1 Å². The maximum absolute atomic E-state index is 12.0. The Bertz CT molecular complexity index is 731. The minimum Gasteiger partial charge on any atom is -0.362 e. The van der Waals surface area contributed by atoms with Gasteiger partial charge in [-0.3, -0.25) is 0 Å². The Kier molecular flexibility index (Phi) is 4.46. The summed E-state index contributed by atoms with van der Waals surface area (Å²) in [5, 5.41) is 7.15. The van der Waals surface area contributed by atoms with E-state index in [2.05, 4.69) is 34.7 Å². The van der Waals surface area contributed by atoms with Crippen LogP contribution in [0.3, 0.4) is 0 Å². The van der Waals surface area contributed by atoms with Gasteiger partial charge in [-0.25, -0.2) is 10.2 Å². The number of carbonyl (C=O) groups is 1. The van der Waals surface area contributed by atoms with Crippen LogP contribution in [0, 0.1) is 6.92 Å². The fraction of sp³-hybridized carbons (Fsp3) is 0.333. The zero-order chi connectivity index (χ0) is 16.2. The fourth-order valence-electron chi connectivity index (χ4n) is 3.18. The van der Waals surface area contributed by atoms with Crippen molar-refractivity contribution in [3.63, 3.8) is 0 Å². The molecule has 1 aromatic carbocycles. The lowest BCUT2D eigenvalue weighted by Crippen LogP contribution is -2.26. The number of fused-ring (bicyclic) bond motifs is 1. The van der Waals surface area contributed by atoms with Gasteiger partial charge in [-0.1, -0.05) is 25.1 Å². The van der Waals surface area contributed by atoms with E-state index in [-0.39, 0.29) is 6.03 Å². The molecule has 0 aliphatic heterocycles. The number of urea groups is 1. The van der Waals surface area contributed by atoms with Crippen molar-refractivity contribution in [3.8, 4) is 0 Å². The summed E-state index contributed by atoms with van der Waals surface area (Å²) in [7, 11) is 0. The van der Waals surface area contributed by atoms with Crippen LogP contribution < -0.4 is 10.7 Å². The lowest BCUT2D eigenvalue weighted by atomic mass is 9.91. The first kappa shape index (κ1) is 15.3. The first-order valence-electron chi connectivity index (χ1n) is 8.08. The number of para-hydroxylation sites is 1. The molecule has 0 bridgehead atoms. The second kappa shape index (κ2) is 6.69. The highest BCUT2D eigenvalue weighted by molar-refractivity contribution is 6.04. The number of nitrogens with one attached hydrogen (secondary N) is 3. The van der Waals surface area contributed by atoms with Gasteiger partial charge in [0, 0.05) is 22.6 Å². The number of hydrazone groups is 1. The predicted octanol–water partition coefficient (Wildman–Crippen LogP) is 3.75. The number of aromatic nitrogens is 1. The van der Waals surface area contributed by atoms with E-state index < -0.39 is 0 Å². The molecule has 0 saturated carbocycles. The van der Waals surface area contributed by atoms with Crippen molar-refractivity contribution in [3.05, 3.63) is 52.8 Å². The Labute approximate surface area is 136 Å². The highest BCUT2D eigenvalue weighted by atomic mass is 16.2. The van der Waals surface area contributed by atoms with Gasteiger partial charge in [0.2, 0.25) is 0 Å². The van der Waals surface area contributed by atoms with Crippen LogP contribution in [0.4, 0.5) is 10.5 Å². The van der Waals surface area contributed by atoms with Crippen molar-refractivity contribution >= 4 is 17.4 Å². The summed E-state index contributed by atoms with van der Waals surface area (Å²) in [6.45, 7) is 4.25. The Balaban J connectivity index is 1.75. The summed E-state index contributed by atoms with van der Waals surface area (Å²) in [4.78, 5) is 15.5. The molecule has 2 amide bonds. The molecule has 5 nitrogen and oxygen atoms in total. The lowest BCUT2D eigenvalue weighted by molar-refractivity contribution is 0.252. The number of aryl methyl sites for hydroxylation is 2. The number of rotatable bonds is 3. The third kappa shape index (κ3) is 3.28. The van der Waals surface area contributed by atoms with Crippen molar-refractivity contribution in [2.45, 2.75) is 39.5 Å². The van der Waals surface area contributed by atoms with Gasteiger partial charge in [0.05, 0.1) is 5.71 Å². The molecule has 1 heterocycles. The van der Waals surface area contributed by atoms with Gasteiger partial charge in [-0.2, -0.15) is 5.10 Å². The van der Waals surface area contributed by atoms with Crippen LogP contribution in [0.2, 0.25) is 0 Å². The Morgan fingerprint density at radius 2 is 2.04 bits per heavy atom. The number of H-pyrrole nitrogens is 1. The van der Waals surface area contributed by atoms with Gasteiger partial charge in [-0.05, 0) is 50.3 Å². The van der Waals surface area contributed by atoms with Crippen molar-refractivity contribution in [1.29, 1.82) is 0 Å². The minimum absolute atomic E-state index is 0.318. The molecule has 0 unspecified atom stereocenters. The van der Waals surface area contributed by atoms with E-state index in [1.165, 1.54) is 22.5 Å². The van der Waals surface area contributed by atoms with Gasteiger partial charge in [0.15, 0.2) is 0 Å². The summed E-state index contributed by atoms with van der Waals surface area (Å²) in [5.74, 6) is 0. The maximum atomic E-state index is 12.0. The second-order valence-corrected chi connectivity index (χ2v) is 5.78. The smallest absolute Gasteiger partial charge is 0.339 e. The number of amides is 2. The lowest BCUT2D eigenvalue weighted by Gasteiger charge is -2.15. The normalized spacial score (nSPS) is 15.3. The summed E-state index contributed by atoms with van der Waals surface area (Å²) < 4.78 is 0. The van der Waals surface area contributed by atoms with Crippen LogP contribution in [0.1, 0.15) is 42.3 Å². The zero-order valence-electron chi connectivity index (χ0n) is 13.6. The number of anilines is 1. The molecule has 0 fully saturated rings. The molecule has 0 saturated heterocycles. The van der Waals surface area contributed by atoms with Gasteiger partial charge in [-0.15, -0.1) is 0 Å². The van der Waals surface area contributed by atoms with Crippen LogP contribution in [0.25, 0.3) is 0 Å². The third-order valence-corrected chi connectivity index (χ3v) is 4.20. The molecule has 120 valence electrons. The topological polar surface area (TPSA) is 69.3 Å². The van der Waals surface area contributed by atoms with E-state index in [1.54, 1.807) is 0 Å². The molecule has 23 heavy (non-hydrogen) atoms. The van der Waals surface area contributed by atoms with Crippen LogP contribution in [-0.4, -0.2) is 16.7 Å². The highest BCUT2D eigenvalue weighted by Crippen LogP contribution is 2.27. The Hall–Kier alpha value is -2.56. The minimum atomic E-state index is -0.318. The number of hydrogen-bond donors (Lipinski definition) is 3. The van der Waals surface area contributed by atoms with Crippen LogP contribution in [0.15, 0.2) is 35.4 Å². The summed E-state index contributed by atoms with van der Waals surface area (Å²) in [6.07, 6.45) is 3.96. The number of nitrogens with zero attached hydrogens (tertiary/aromatic N) is 1. The number of aromatic amines is 1. The molecule has 0 spiro atoms. The summed E-state index contributed by atoms with van der Waals surface area (Å²) in [5.41, 5.74) is 9.31. The van der Waals surface area contributed by atoms with E-state index >= 15 is 0 Å². The quantitative estimate of drug-likeness (QED) is 0.743. The molecule has 0 radical (unpaired) electrons. The van der Waals surface area contributed by atoms with Crippen LogP contribution in [-0.2, 0) is 12.8 Å². The number of hydrogen-bond acceptors (Lipinski definition) is 2. The SMILES string of the molecule is CCc1c(C)[nH]c2c1/C(=N/NC(=O)Nc1ccccc1)CCC2. The average molecular weight is 310 g/mol. The van der Waals surface area contributed by atoms with Crippen molar-refractivity contribution < 1.29 is 4.79 Å². The predicted molar refractivity (Wildman–Crippen MR) is 93.0 cm³/mol. The largest absolute Gasteiger partial charge is 0.362 e. The molecular weight excluding hydrogens is 288 g/mol. The standard InChI is InChI=1S/C18H22N4O/c1-3-14-12(2)19-15-10-7-11-16(17(14)15)21-22-18(23)20-13-8-5-4-6-9-13/h4-6,8-9,19H,3,7,10-11H2,1-2H3,(H2,20,22,23)/b21-16+. The monoisotopic (exact) mass is 310 g/mol. The molecule has 3 N–H and O–H groups in total. The summed E-state index contributed by atoms with van der Waals surface area (Å²) >= 11 is 0. The molecule has 1 aliphatic rings. The molecule has 1 aromatic heterocycles. The zero-order valence-corrected chi connectivity index (χ0v) is 13.6. The fourth-order valence-corrected chi connectivity index (χ4v) is 3.18. The second-order valence-electron chi connectivity index (χ2n) is 5.78. The Morgan fingerprint density at radius 1 is 1.26 bits per heavy atom. The van der Waals surface area contributed by atoms with Crippen molar-refractivity contribution in [2.75, 3.05) is 5.32 Å². The summed E-state index contributed by atoms with van der Waals surface area (Å²) in [6, 6.07) is 9.04. The Morgan fingerprint density at radius 3 is 2.78 bits per heavy atom. The molecule has 0 atom stereocenters. The molecule has 3 rings (SSSR count). The highest BCUT2D eigenvalue weighted by Gasteiger charge is 2.22. The van der Waals surface area contributed by atoms with Gasteiger partial charge >= 0.3 is 6.03 Å². The molecule has 2 aromatic rings. The molecular formula is C18H22N4O. The number of carbonyl (C=O) groups excluding carboxylic acids is 1. The van der Waals surface area contributed by atoms with E-state index in [4.69, 9.17) is 0 Å². The van der Waals surface area contributed by atoms with Gasteiger partial charge in [0.1, 0.15) is 0 Å². The maximum Gasteiger partial charge on any atom is 0.339 e. The van der Waals surface area contributed by atoms with Crippen molar-refractivity contribution in [1.82, 2.24) is 10.4 Å². The van der Waals surface area contributed by atoms with E-state index in [9.17, 15) is 4.79 Å². The third-order valence-electron chi connectivity index (χ3n) is 4.20. The van der Waals surface area contributed by atoms with E-state index in [0.29, 0.717) is 0 Å². The van der Waals surface area contributed by atoms with Gasteiger partial charge < -0.3 is 10.3 Å².